The van der Waals surface area contributed by atoms with Gasteiger partial charge in [-0.15, -0.1) is 0 Å². The lowest BCUT2D eigenvalue weighted by Crippen LogP contribution is -2.66. The normalized spacial score (nSPS) is 20.8. The monoisotopic (exact) mass is 352 g/mol. The molecule has 1 spiro atoms. The molecule has 2 aliphatic heterocycles. The maximum atomic E-state index is 12.6. The number of aryl methyl sites for hydroxylation is 1. The number of hydrogen-bond donors (Lipinski definition) is 1. The summed E-state index contributed by atoms with van der Waals surface area (Å²) in [5, 5.41) is 3.37. The number of amides is 1. The molecule has 4 heterocycles. The van der Waals surface area contributed by atoms with Gasteiger partial charge < -0.3 is 15.0 Å². The third kappa shape index (κ3) is 3.29. The predicted octanol–water partition coefficient (Wildman–Crippen LogP) is 2.52. The number of nitrogens with one attached hydrogen (secondary N) is 1. The molecule has 1 atom stereocenters. The number of aromatic nitrogens is 2. The molecule has 0 aromatic carbocycles. The Morgan fingerprint density at radius 2 is 2.19 bits per heavy atom. The van der Waals surface area contributed by atoms with Gasteiger partial charge in [0.05, 0.1) is 18.7 Å². The third-order valence-electron chi connectivity index (χ3n) is 5.43. The Morgan fingerprint density at radius 1 is 1.31 bits per heavy atom. The van der Waals surface area contributed by atoms with Crippen LogP contribution < -0.4 is 5.32 Å². The highest BCUT2D eigenvalue weighted by Crippen LogP contribution is 2.42. The fourth-order valence-corrected chi connectivity index (χ4v) is 3.90. The zero-order valence-corrected chi connectivity index (χ0v) is 15.0. The van der Waals surface area contributed by atoms with Crippen molar-refractivity contribution in [3.05, 3.63) is 54.0 Å². The van der Waals surface area contributed by atoms with Crippen molar-refractivity contribution in [3.8, 4) is 0 Å². The molecule has 6 heteroatoms. The maximum absolute atomic E-state index is 12.6. The summed E-state index contributed by atoms with van der Waals surface area (Å²) in [4.78, 5) is 23.0. The molecule has 1 N–H and O–H groups in total. The van der Waals surface area contributed by atoms with Crippen molar-refractivity contribution in [2.24, 2.45) is 5.92 Å². The topological polar surface area (TPSA) is 67.3 Å². The average molecular weight is 352 g/mol. The van der Waals surface area contributed by atoms with E-state index in [1.807, 2.05) is 42.2 Å². The Bertz CT molecular complexity index is 757. The first kappa shape index (κ1) is 17.0. The first-order chi connectivity index (χ1) is 12.7. The maximum Gasteiger partial charge on any atom is 0.255 e. The predicted molar refractivity (Wildman–Crippen MR) is 99.0 cm³/mol. The number of carbonyl (C=O) groups is 1. The van der Waals surface area contributed by atoms with Gasteiger partial charge in [0.1, 0.15) is 11.4 Å². The zero-order chi connectivity index (χ0) is 18.0. The van der Waals surface area contributed by atoms with Crippen LogP contribution in [0.4, 0.5) is 5.82 Å². The molecule has 2 aliphatic rings. The minimum absolute atomic E-state index is 0.0454. The molecule has 0 saturated carbocycles. The van der Waals surface area contributed by atoms with Crippen molar-refractivity contribution in [2.45, 2.75) is 25.4 Å². The Morgan fingerprint density at radius 3 is 2.92 bits per heavy atom. The standard InChI is InChI=1S/C20H24N4O2/c1-15-5-6-16(12-23-15)19(25)24-13-20(14-24)17(8-11-26-20)7-10-22-18-4-2-3-9-21-18/h2-6,9,12,17H,7-8,10-11,13-14H2,1H3,(H,21,22)/t17-/m1/s1. The summed E-state index contributed by atoms with van der Waals surface area (Å²) in [5.74, 6) is 1.42. The minimum atomic E-state index is -0.167. The Kier molecular flexibility index (Phi) is 4.59. The Labute approximate surface area is 153 Å². The summed E-state index contributed by atoms with van der Waals surface area (Å²) in [6.07, 6.45) is 5.52. The summed E-state index contributed by atoms with van der Waals surface area (Å²) in [6, 6.07) is 9.58. The van der Waals surface area contributed by atoms with Crippen LogP contribution in [0.1, 0.15) is 28.9 Å². The molecule has 2 saturated heterocycles. The van der Waals surface area contributed by atoms with Crippen molar-refractivity contribution in [1.82, 2.24) is 14.9 Å². The van der Waals surface area contributed by atoms with E-state index in [1.54, 1.807) is 12.4 Å². The highest BCUT2D eigenvalue weighted by molar-refractivity contribution is 5.94. The molecule has 2 fully saturated rings. The SMILES string of the molecule is Cc1ccc(C(=O)N2CC3(C2)OCC[C@H]3CCNc2ccccn2)cn1. The van der Waals surface area contributed by atoms with E-state index in [9.17, 15) is 4.79 Å². The van der Waals surface area contributed by atoms with E-state index in [4.69, 9.17) is 4.74 Å². The number of hydrogen-bond acceptors (Lipinski definition) is 5. The van der Waals surface area contributed by atoms with Gasteiger partial charge in [-0.3, -0.25) is 9.78 Å². The fraction of sp³-hybridized carbons (Fsp3) is 0.450. The third-order valence-corrected chi connectivity index (χ3v) is 5.43. The van der Waals surface area contributed by atoms with E-state index in [-0.39, 0.29) is 11.5 Å². The lowest BCUT2D eigenvalue weighted by Gasteiger charge is -2.50. The smallest absolute Gasteiger partial charge is 0.255 e. The molecule has 2 aromatic heterocycles. The van der Waals surface area contributed by atoms with Gasteiger partial charge in [0, 0.05) is 31.2 Å². The number of likely N-dealkylation sites (tertiary alicyclic amines) is 1. The average Bonchev–Trinajstić information content (AvgIpc) is 3.05. The van der Waals surface area contributed by atoms with E-state index >= 15 is 0 Å². The van der Waals surface area contributed by atoms with Crippen LogP contribution in [0, 0.1) is 12.8 Å². The summed E-state index contributed by atoms with van der Waals surface area (Å²) < 4.78 is 6.07. The fourth-order valence-electron chi connectivity index (χ4n) is 3.90. The van der Waals surface area contributed by atoms with Gasteiger partial charge >= 0.3 is 0 Å². The molecule has 0 unspecified atom stereocenters. The van der Waals surface area contributed by atoms with Crippen LogP contribution in [-0.4, -0.2) is 52.6 Å². The molecule has 6 nitrogen and oxygen atoms in total. The number of ether oxygens (including phenoxy) is 1. The van der Waals surface area contributed by atoms with Gasteiger partial charge in [-0.2, -0.15) is 0 Å². The first-order valence-electron chi connectivity index (χ1n) is 9.17. The van der Waals surface area contributed by atoms with Crippen LogP contribution in [0.2, 0.25) is 0 Å². The molecule has 0 bridgehead atoms. The molecule has 136 valence electrons. The van der Waals surface area contributed by atoms with Crippen molar-refractivity contribution in [1.29, 1.82) is 0 Å². The first-order valence-corrected chi connectivity index (χ1v) is 9.17. The van der Waals surface area contributed by atoms with E-state index in [0.717, 1.165) is 37.5 Å². The molecule has 0 aliphatic carbocycles. The molecule has 1 amide bonds. The summed E-state index contributed by atoms with van der Waals surface area (Å²) in [7, 11) is 0. The van der Waals surface area contributed by atoms with E-state index in [2.05, 4.69) is 15.3 Å². The number of carbonyl (C=O) groups excluding carboxylic acids is 1. The van der Waals surface area contributed by atoms with Crippen molar-refractivity contribution >= 4 is 11.7 Å². The van der Waals surface area contributed by atoms with Gasteiger partial charge in [-0.25, -0.2) is 4.98 Å². The van der Waals surface area contributed by atoms with E-state index in [0.29, 0.717) is 24.6 Å². The van der Waals surface area contributed by atoms with Gasteiger partial charge in [-0.05, 0) is 49.9 Å². The van der Waals surface area contributed by atoms with E-state index < -0.39 is 0 Å². The lowest BCUT2D eigenvalue weighted by atomic mass is 9.78. The van der Waals surface area contributed by atoms with Crippen LogP contribution in [0.3, 0.4) is 0 Å². The molecule has 2 aromatic rings. The number of anilines is 1. The molecular formula is C20H24N4O2. The van der Waals surface area contributed by atoms with Gasteiger partial charge in [0.2, 0.25) is 0 Å². The van der Waals surface area contributed by atoms with Crippen molar-refractivity contribution < 1.29 is 9.53 Å². The number of pyridine rings is 2. The Hall–Kier alpha value is -2.47. The van der Waals surface area contributed by atoms with Crippen LogP contribution in [-0.2, 0) is 4.74 Å². The van der Waals surface area contributed by atoms with Gasteiger partial charge in [0.15, 0.2) is 0 Å². The van der Waals surface area contributed by atoms with Crippen LogP contribution in [0.25, 0.3) is 0 Å². The largest absolute Gasteiger partial charge is 0.371 e. The van der Waals surface area contributed by atoms with E-state index in [1.165, 1.54) is 0 Å². The second-order valence-electron chi connectivity index (χ2n) is 7.18. The lowest BCUT2D eigenvalue weighted by molar-refractivity contribution is -0.117. The van der Waals surface area contributed by atoms with Gasteiger partial charge in [-0.1, -0.05) is 6.07 Å². The van der Waals surface area contributed by atoms with Crippen LogP contribution in [0.5, 0.6) is 0 Å². The highest BCUT2D eigenvalue weighted by atomic mass is 16.5. The second-order valence-corrected chi connectivity index (χ2v) is 7.18. The van der Waals surface area contributed by atoms with Gasteiger partial charge in [0.25, 0.3) is 5.91 Å². The quantitative estimate of drug-likeness (QED) is 0.896. The second kappa shape index (κ2) is 7.03. The highest BCUT2D eigenvalue weighted by Gasteiger charge is 2.54. The summed E-state index contributed by atoms with van der Waals surface area (Å²) in [6.45, 7) is 4.91. The molecule has 26 heavy (non-hydrogen) atoms. The minimum Gasteiger partial charge on any atom is -0.371 e. The zero-order valence-electron chi connectivity index (χ0n) is 15.0. The van der Waals surface area contributed by atoms with Crippen molar-refractivity contribution in [3.63, 3.8) is 0 Å². The number of rotatable bonds is 5. The molecule has 4 rings (SSSR count). The number of nitrogens with zero attached hydrogens (tertiary/aromatic N) is 3. The molecular weight excluding hydrogens is 328 g/mol. The van der Waals surface area contributed by atoms with Crippen LogP contribution in [0.15, 0.2) is 42.7 Å². The van der Waals surface area contributed by atoms with Crippen LogP contribution >= 0.6 is 0 Å². The summed E-state index contributed by atoms with van der Waals surface area (Å²) >= 11 is 0. The molecule has 0 radical (unpaired) electrons. The Balaban J connectivity index is 1.31. The summed E-state index contributed by atoms with van der Waals surface area (Å²) in [5.41, 5.74) is 1.40. The van der Waals surface area contributed by atoms with Crippen molar-refractivity contribution in [2.75, 3.05) is 31.6 Å².